The van der Waals surface area contributed by atoms with Crippen LogP contribution in [0.2, 0.25) is 0 Å². The number of piperidine rings is 1. The highest BCUT2D eigenvalue weighted by atomic mass is 16.2. The van der Waals surface area contributed by atoms with Crippen molar-refractivity contribution in [3.8, 4) is 0 Å². The number of benzene rings is 1. The van der Waals surface area contributed by atoms with E-state index in [1.807, 2.05) is 6.92 Å². The Kier molecular flexibility index (Phi) is 4.46. The number of fused-ring (bicyclic) bond motifs is 1. The number of likely N-dealkylation sites (tertiary alicyclic amines) is 2. The van der Waals surface area contributed by atoms with E-state index in [4.69, 9.17) is 0 Å². The van der Waals surface area contributed by atoms with Gasteiger partial charge in [-0.05, 0) is 51.6 Å². The Bertz CT molecular complexity index is 899. The highest BCUT2D eigenvalue weighted by Gasteiger charge is 2.62. The van der Waals surface area contributed by atoms with Gasteiger partial charge in [0.05, 0.1) is 17.9 Å². The van der Waals surface area contributed by atoms with Gasteiger partial charge < -0.3 is 4.90 Å². The summed E-state index contributed by atoms with van der Waals surface area (Å²) in [5, 5.41) is 0. The molecule has 0 N–H and O–H groups in total. The normalized spacial score (nSPS) is 33.7. The molecular formula is C24H30N4O. The van der Waals surface area contributed by atoms with Crippen LogP contribution < -0.4 is 0 Å². The van der Waals surface area contributed by atoms with Crippen molar-refractivity contribution in [1.29, 1.82) is 0 Å². The van der Waals surface area contributed by atoms with Crippen LogP contribution >= 0.6 is 0 Å². The summed E-state index contributed by atoms with van der Waals surface area (Å²) in [4.78, 5) is 27.4. The molecule has 2 bridgehead atoms. The van der Waals surface area contributed by atoms with E-state index in [-0.39, 0.29) is 23.4 Å². The van der Waals surface area contributed by atoms with E-state index < -0.39 is 0 Å². The molecule has 3 aliphatic rings. The highest BCUT2D eigenvalue weighted by molar-refractivity contribution is 5.92. The third kappa shape index (κ3) is 2.90. The summed E-state index contributed by atoms with van der Waals surface area (Å²) in [5.41, 5.74) is 2.77. The van der Waals surface area contributed by atoms with Crippen molar-refractivity contribution >= 4 is 5.91 Å². The number of amides is 1. The Morgan fingerprint density at radius 3 is 2.62 bits per heavy atom. The second kappa shape index (κ2) is 6.91. The Morgan fingerprint density at radius 2 is 1.90 bits per heavy atom. The summed E-state index contributed by atoms with van der Waals surface area (Å²) in [5.74, 6) is 0.0512. The number of nitrogens with zero attached hydrogens (tertiary/aromatic N) is 4. The lowest BCUT2D eigenvalue weighted by Gasteiger charge is -2.53. The van der Waals surface area contributed by atoms with E-state index in [0.29, 0.717) is 17.8 Å². The van der Waals surface area contributed by atoms with Gasteiger partial charge >= 0.3 is 0 Å². The number of rotatable bonds is 3. The molecule has 2 aliphatic heterocycles. The Labute approximate surface area is 173 Å². The van der Waals surface area contributed by atoms with Gasteiger partial charge in [-0.2, -0.15) is 0 Å². The molecule has 1 aliphatic carbocycles. The van der Waals surface area contributed by atoms with Crippen molar-refractivity contribution < 1.29 is 4.79 Å². The fourth-order valence-electron chi connectivity index (χ4n) is 6.45. The van der Waals surface area contributed by atoms with Gasteiger partial charge in [0.1, 0.15) is 5.69 Å². The van der Waals surface area contributed by atoms with Gasteiger partial charge in [0.2, 0.25) is 0 Å². The minimum absolute atomic E-state index is 0.0512. The van der Waals surface area contributed by atoms with Crippen molar-refractivity contribution in [2.75, 3.05) is 7.05 Å². The molecule has 1 amide bonds. The number of hydrogen-bond donors (Lipinski definition) is 0. The molecule has 1 aromatic carbocycles. The minimum atomic E-state index is 0.0512. The third-order valence-corrected chi connectivity index (χ3v) is 7.80. The van der Waals surface area contributed by atoms with Gasteiger partial charge in [0, 0.05) is 29.7 Å². The van der Waals surface area contributed by atoms with Crippen molar-refractivity contribution in [3.05, 3.63) is 59.7 Å². The predicted octanol–water partition coefficient (Wildman–Crippen LogP) is 3.48. The third-order valence-electron chi connectivity index (χ3n) is 7.80. The van der Waals surface area contributed by atoms with Crippen LogP contribution in [0.4, 0.5) is 0 Å². The smallest absolute Gasteiger partial charge is 0.274 e. The predicted molar refractivity (Wildman–Crippen MR) is 113 cm³/mol. The number of likely N-dealkylation sites (N-methyl/N-ethyl adjacent to an activating group) is 1. The topological polar surface area (TPSA) is 49.3 Å². The van der Waals surface area contributed by atoms with Crippen LogP contribution in [0.3, 0.4) is 0 Å². The molecule has 1 aromatic heterocycles. The number of carbonyl (C=O) groups is 1. The first-order valence-corrected chi connectivity index (χ1v) is 10.9. The van der Waals surface area contributed by atoms with E-state index in [9.17, 15) is 4.79 Å². The summed E-state index contributed by atoms with van der Waals surface area (Å²) >= 11 is 0. The fraction of sp³-hybridized carbons (Fsp3) is 0.542. The van der Waals surface area contributed by atoms with E-state index >= 15 is 0 Å². The second-order valence-corrected chi connectivity index (χ2v) is 9.42. The van der Waals surface area contributed by atoms with Crippen LogP contribution in [-0.2, 0) is 6.42 Å². The monoisotopic (exact) mass is 390 g/mol. The molecule has 0 spiro atoms. The van der Waals surface area contributed by atoms with Crippen LogP contribution in [-0.4, -0.2) is 56.9 Å². The zero-order chi connectivity index (χ0) is 20.2. The van der Waals surface area contributed by atoms with Crippen LogP contribution in [0.25, 0.3) is 0 Å². The maximum atomic E-state index is 13.8. The largest absolute Gasteiger partial charge is 0.329 e. The molecule has 5 rings (SSSR count). The second-order valence-electron chi connectivity index (χ2n) is 9.42. The first-order valence-electron chi connectivity index (χ1n) is 10.9. The molecule has 5 nitrogen and oxygen atoms in total. The molecule has 152 valence electrons. The molecule has 5 atom stereocenters. The molecule has 0 radical (unpaired) electrons. The average molecular weight is 391 g/mol. The zero-order valence-corrected chi connectivity index (χ0v) is 17.6. The number of aryl methyl sites for hydroxylation is 1. The molecule has 3 fully saturated rings. The van der Waals surface area contributed by atoms with Crippen LogP contribution in [0.1, 0.15) is 54.4 Å². The molecule has 1 saturated carbocycles. The van der Waals surface area contributed by atoms with E-state index in [1.54, 1.807) is 12.4 Å². The summed E-state index contributed by atoms with van der Waals surface area (Å²) in [6.45, 7) is 4.32. The summed E-state index contributed by atoms with van der Waals surface area (Å²) < 4.78 is 0. The standard InChI is InChI=1S/C24H30N4O/c1-16-14-26-18(15-25-16)23(29)28-19(12-17-8-5-4-6-9-17)20-13-24(2)21(27(20)3)10-7-11-22(24)28/h4-6,8-9,14-15,19-22H,7,10-13H2,1-3H3/t19-,20+,21+,22-,24+/m1/s1. The minimum Gasteiger partial charge on any atom is -0.329 e. The van der Waals surface area contributed by atoms with E-state index in [1.165, 1.54) is 24.8 Å². The zero-order valence-electron chi connectivity index (χ0n) is 17.6. The van der Waals surface area contributed by atoms with Crippen molar-refractivity contribution in [1.82, 2.24) is 19.8 Å². The average Bonchev–Trinajstić information content (AvgIpc) is 2.99. The Morgan fingerprint density at radius 1 is 1.14 bits per heavy atom. The van der Waals surface area contributed by atoms with E-state index in [2.05, 4.69) is 64.1 Å². The lowest BCUT2D eigenvalue weighted by molar-refractivity contribution is -0.0115. The summed E-state index contributed by atoms with van der Waals surface area (Å²) in [6, 6.07) is 12.0. The van der Waals surface area contributed by atoms with Crippen LogP contribution in [0.15, 0.2) is 42.7 Å². The molecular weight excluding hydrogens is 360 g/mol. The summed E-state index contributed by atoms with van der Waals surface area (Å²) in [7, 11) is 2.28. The van der Waals surface area contributed by atoms with Gasteiger partial charge in [-0.15, -0.1) is 0 Å². The van der Waals surface area contributed by atoms with Gasteiger partial charge in [0.15, 0.2) is 0 Å². The quantitative estimate of drug-likeness (QED) is 0.805. The molecule has 2 aromatic rings. The summed E-state index contributed by atoms with van der Waals surface area (Å²) in [6.07, 6.45) is 8.94. The number of hydrogen-bond acceptors (Lipinski definition) is 4. The molecule has 0 unspecified atom stereocenters. The van der Waals surface area contributed by atoms with Gasteiger partial charge in [-0.1, -0.05) is 37.3 Å². The molecule has 3 heterocycles. The van der Waals surface area contributed by atoms with Gasteiger partial charge in [0.25, 0.3) is 5.91 Å². The van der Waals surface area contributed by atoms with E-state index in [0.717, 1.165) is 18.5 Å². The maximum Gasteiger partial charge on any atom is 0.274 e. The molecule has 2 saturated heterocycles. The molecule has 29 heavy (non-hydrogen) atoms. The molecule has 5 heteroatoms. The SMILES string of the molecule is Cc1cnc(C(=O)N2[C@H](Cc3ccccc3)[C@@H]3C[C@@]4(C)[C@H](CCC[C@@H]24)N3C)cn1. The van der Waals surface area contributed by atoms with Crippen LogP contribution in [0, 0.1) is 12.3 Å². The number of carbonyl (C=O) groups excluding carboxylic acids is 1. The lowest BCUT2D eigenvalue weighted by Crippen LogP contribution is -2.62. The first kappa shape index (κ1) is 18.7. The maximum absolute atomic E-state index is 13.8. The van der Waals surface area contributed by atoms with Crippen molar-refractivity contribution in [2.24, 2.45) is 5.41 Å². The number of aromatic nitrogens is 2. The van der Waals surface area contributed by atoms with Gasteiger partial charge in [-0.3, -0.25) is 14.7 Å². The fourth-order valence-corrected chi connectivity index (χ4v) is 6.45. The van der Waals surface area contributed by atoms with Gasteiger partial charge in [-0.25, -0.2) is 4.98 Å². The van der Waals surface area contributed by atoms with Crippen molar-refractivity contribution in [3.63, 3.8) is 0 Å². The lowest BCUT2D eigenvalue weighted by atomic mass is 9.64. The Balaban J connectivity index is 1.58. The Hall–Kier alpha value is -2.27. The highest BCUT2D eigenvalue weighted by Crippen LogP contribution is 2.56. The first-order chi connectivity index (χ1) is 14.0. The van der Waals surface area contributed by atoms with Crippen LogP contribution in [0.5, 0.6) is 0 Å². The van der Waals surface area contributed by atoms with Crippen molar-refractivity contribution in [2.45, 2.75) is 70.1 Å².